The summed E-state index contributed by atoms with van der Waals surface area (Å²) in [6.45, 7) is 3.59. The summed E-state index contributed by atoms with van der Waals surface area (Å²) in [5.74, 6) is 1.76. The molecule has 1 aromatic rings. The Morgan fingerprint density at radius 2 is 2.09 bits per heavy atom. The predicted octanol–water partition coefficient (Wildman–Crippen LogP) is 2.28. The van der Waals surface area contributed by atoms with Crippen LogP contribution in [0.2, 0.25) is 0 Å². The van der Waals surface area contributed by atoms with E-state index in [1.54, 1.807) is 26.0 Å². The number of rotatable bonds is 7. The van der Waals surface area contributed by atoms with Gasteiger partial charge in [0.1, 0.15) is 16.9 Å². The van der Waals surface area contributed by atoms with Crippen LogP contribution in [0.15, 0.2) is 18.2 Å². The van der Waals surface area contributed by atoms with Gasteiger partial charge in [0.2, 0.25) is 5.91 Å². The molecule has 1 saturated heterocycles. The highest BCUT2D eigenvalue weighted by Crippen LogP contribution is 2.46. The number of hydrogen-bond acceptors (Lipinski definition) is 5. The van der Waals surface area contributed by atoms with Crippen LogP contribution in [0.1, 0.15) is 24.3 Å². The summed E-state index contributed by atoms with van der Waals surface area (Å²) >= 11 is 1.66. The van der Waals surface area contributed by atoms with Crippen molar-refractivity contribution in [3.63, 3.8) is 0 Å². The molecule has 1 fully saturated rings. The maximum absolute atomic E-state index is 12.4. The SMILES string of the molecule is CNCCCN1C(=O)C(C)SC1c1cc(OC)ccc1OC. The van der Waals surface area contributed by atoms with Crippen molar-refractivity contribution in [2.24, 2.45) is 0 Å². The van der Waals surface area contributed by atoms with E-state index in [0.29, 0.717) is 0 Å². The number of nitrogens with one attached hydrogen (secondary N) is 1. The number of carbonyl (C=O) groups is 1. The van der Waals surface area contributed by atoms with E-state index < -0.39 is 0 Å². The highest BCUT2D eigenvalue weighted by Gasteiger charge is 2.39. The molecule has 0 radical (unpaired) electrons. The first-order chi connectivity index (χ1) is 10.6. The van der Waals surface area contributed by atoms with E-state index >= 15 is 0 Å². The number of benzene rings is 1. The lowest BCUT2D eigenvalue weighted by atomic mass is 10.1. The molecule has 1 heterocycles. The zero-order chi connectivity index (χ0) is 16.1. The highest BCUT2D eigenvalue weighted by atomic mass is 32.2. The molecule has 1 amide bonds. The van der Waals surface area contributed by atoms with Gasteiger partial charge in [-0.1, -0.05) is 0 Å². The van der Waals surface area contributed by atoms with Gasteiger partial charge in [0.25, 0.3) is 0 Å². The summed E-state index contributed by atoms with van der Waals surface area (Å²) in [6.07, 6.45) is 0.929. The first-order valence-corrected chi connectivity index (χ1v) is 8.39. The predicted molar refractivity (Wildman–Crippen MR) is 89.6 cm³/mol. The second-order valence-electron chi connectivity index (χ2n) is 5.23. The number of nitrogens with zero attached hydrogens (tertiary/aromatic N) is 1. The van der Waals surface area contributed by atoms with E-state index in [4.69, 9.17) is 9.47 Å². The maximum atomic E-state index is 12.4. The minimum atomic E-state index is -0.0320. The smallest absolute Gasteiger partial charge is 0.236 e. The summed E-state index contributed by atoms with van der Waals surface area (Å²) in [7, 11) is 5.22. The number of methoxy groups -OCH3 is 2. The van der Waals surface area contributed by atoms with Crippen molar-refractivity contribution in [1.82, 2.24) is 10.2 Å². The molecule has 0 spiro atoms. The van der Waals surface area contributed by atoms with Gasteiger partial charge in [0.15, 0.2) is 0 Å². The molecule has 2 atom stereocenters. The summed E-state index contributed by atoms with van der Waals surface area (Å²) < 4.78 is 10.8. The second kappa shape index (κ2) is 7.74. The van der Waals surface area contributed by atoms with E-state index in [2.05, 4.69) is 5.32 Å². The van der Waals surface area contributed by atoms with Crippen molar-refractivity contribution in [3.05, 3.63) is 23.8 Å². The minimum Gasteiger partial charge on any atom is -0.497 e. The lowest BCUT2D eigenvalue weighted by Crippen LogP contribution is -2.32. The summed E-state index contributed by atoms with van der Waals surface area (Å²) in [5.41, 5.74) is 0.994. The summed E-state index contributed by atoms with van der Waals surface area (Å²) in [6, 6.07) is 5.74. The number of carbonyl (C=O) groups excluding carboxylic acids is 1. The van der Waals surface area contributed by atoms with Gasteiger partial charge in [-0.15, -0.1) is 11.8 Å². The third-order valence-electron chi connectivity index (χ3n) is 3.78. The first kappa shape index (κ1) is 17.0. The quantitative estimate of drug-likeness (QED) is 0.780. The standard InChI is InChI=1S/C16H24N2O3S/c1-11-15(19)18(9-5-8-17-2)16(22-11)13-10-12(20-3)6-7-14(13)21-4/h6-7,10-11,16-17H,5,8-9H2,1-4H3. The molecule has 2 unspecified atom stereocenters. The Kier molecular flexibility index (Phi) is 5.97. The number of thioether (sulfide) groups is 1. The molecule has 1 aliphatic rings. The molecule has 0 aromatic heterocycles. The van der Waals surface area contributed by atoms with E-state index in [9.17, 15) is 4.79 Å². The lowest BCUT2D eigenvalue weighted by molar-refractivity contribution is -0.129. The van der Waals surface area contributed by atoms with E-state index in [1.165, 1.54) is 0 Å². The molecule has 22 heavy (non-hydrogen) atoms. The van der Waals surface area contributed by atoms with Crippen molar-refractivity contribution in [2.45, 2.75) is 24.0 Å². The van der Waals surface area contributed by atoms with Crippen LogP contribution < -0.4 is 14.8 Å². The Labute approximate surface area is 136 Å². The van der Waals surface area contributed by atoms with Gasteiger partial charge in [-0.3, -0.25) is 4.79 Å². The Morgan fingerprint density at radius 1 is 1.32 bits per heavy atom. The fourth-order valence-corrected chi connectivity index (χ4v) is 3.93. The molecular weight excluding hydrogens is 300 g/mol. The Morgan fingerprint density at radius 3 is 2.73 bits per heavy atom. The molecule has 1 aromatic carbocycles. The molecule has 6 heteroatoms. The Balaban J connectivity index is 2.29. The minimum absolute atomic E-state index is 0.0237. The first-order valence-electron chi connectivity index (χ1n) is 7.44. The van der Waals surface area contributed by atoms with Crippen molar-refractivity contribution in [3.8, 4) is 11.5 Å². The number of amides is 1. The van der Waals surface area contributed by atoms with E-state index in [1.807, 2.05) is 37.1 Å². The van der Waals surface area contributed by atoms with Crippen LogP contribution in [0.25, 0.3) is 0 Å². The summed E-state index contributed by atoms with van der Waals surface area (Å²) in [5, 5.41) is 3.07. The van der Waals surface area contributed by atoms with Gasteiger partial charge in [0.05, 0.1) is 19.5 Å². The fraction of sp³-hybridized carbons (Fsp3) is 0.562. The maximum Gasteiger partial charge on any atom is 0.236 e. The van der Waals surface area contributed by atoms with Crippen LogP contribution in [-0.4, -0.2) is 50.4 Å². The normalized spacial score (nSPS) is 21.3. The Bertz CT molecular complexity index is 524. The molecular formula is C16H24N2O3S. The van der Waals surface area contributed by atoms with Gasteiger partial charge < -0.3 is 19.7 Å². The summed E-state index contributed by atoms with van der Waals surface area (Å²) in [4.78, 5) is 14.4. The van der Waals surface area contributed by atoms with E-state index in [-0.39, 0.29) is 16.5 Å². The third kappa shape index (κ3) is 3.50. The molecule has 1 aliphatic heterocycles. The van der Waals surface area contributed by atoms with Gasteiger partial charge >= 0.3 is 0 Å². The van der Waals surface area contributed by atoms with Crippen LogP contribution in [0, 0.1) is 0 Å². The van der Waals surface area contributed by atoms with Gasteiger partial charge in [-0.25, -0.2) is 0 Å². The van der Waals surface area contributed by atoms with Gasteiger partial charge in [0, 0.05) is 12.1 Å². The molecule has 0 bridgehead atoms. The van der Waals surface area contributed by atoms with Crippen molar-refractivity contribution in [2.75, 3.05) is 34.4 Å². The van der Waals surface area contributed by atoms with Crippen LogP contribution in [-0.2, 0) is 4.79 Å². The van der Waals surface area contributed by atoms with Crippen LogP contribution in [0.4, 0.5) is 0 Å². The largest absolute Gasteiger partial charge is 0.497 e. The zero-order valence-electron chi connectivity index (χ0n) is 13.6. The molecule has 5 nitrogen and oxygen atoms in total. The van der Waals surface area contributed by atoms with Crippen molar-refractivity contribution >= 4 is 17.7 Å². The number of hydrogen-bond donors (Lipinski definition) is 1. The average molecular weight is 324 g/mol. The highest BCUT2D eigenvalue weighted by molar-refractivity contribution is 8.01. The molecule has 2 rings (SSSR count). The van der Waals surface area contributed by atoms with Crippen LogP contribution >= 0.6 is 11.8 Å². The average Bonchev–Trinajstić information content (AvgIpc) is 2.82. The molecule has 0 aliphatic carbocycles. The van der Waals surface area contributed by atoms with Crippen LogP contribution in [0.3, 0.4) is 0 Å². The molecule has 122 valence electrons. The molecule has 0 saturated carbocycles. The fourth-order valence-electron chi connectivity index (χ4n) is 2.60. The van der Waals surface area contributed by atoms with Crippen molar-refractivity contribution in [1.29, 1.82) is 0 Å². The lowest BCUT2D eigenvalue weighted by Gasteiger charge is -2.25. The zero-order valence-corrected chi connectivity index (χ0v) is 14.4. The monoisotopic (exact) mass is 324 g/mol. The molecule has 1 N–H and O–H groups in total. The van der Waals surface area contributed by atoms with Crippen molar-refractivity contribution < 1.29 is 14.3 Å². The second-order valence-corrected chi connectivity index (χ2v) is 6.65. The van der Waals surface area contributed by atoms with Crippen LogP contribution in [0.5, 0.6) is 11.5 Å². The van der Waals surface area contributed by atoms with E-state index in [0.717, 1.165) is 36.6 Å². The topological polar surface area (TPSA) is 50.8 Å². The number of ether oxygens (including phenoxy) is 2. The van der Waals surface area contributed by atoms with Gasteiger partial charge in [-0.2, -0.15) is 0 Å². The Hall–Kier alpha value is -1.40. The van der Waals surface area contributed by atoms with Gasteiger partial charge in [-0.05, 0) is 45.1 Å². The third-order valence-corrected chi connectivity index (χ3v) is 5.15.